The maximum Gasteiger partial charge on any atom is 0.243 e. The molecule has 7 heteroatoms. The molecule has 2 rings (SSSR count). The Balaban J connectivity index is 2.35. The van der Waals surface area contributed by atoms with Gasteiger partial charge in [-0.25, -0.2) is 8.42 Å². The van der Waals surface area contributed by atoms with Crippen LogP contribution in [0.4, 0.5) is 0 Å². The highest BCUT2D eigenvalue weighted by atomic mass is 35.5. The van der Waals surface area contributed by atoms with Crippen LogP contribution in [0.2, 0.25) is 5.02 Å². The number of benzene rings is 2. The van der Waals surface area contributed by atoms with Gasteiger partial charge in [0.2, 0.25) is 15.9 Å². The second kappa shape index (κ2) is 8.42. The molecule has 0 radical (unpaired) electrons. The number of halogens is 1. The summed E-state index contributed by atoms with van der Waals surface area (Å²) in [6.45, 7) is 7.32. The van der Waals surface area contributed by atoms with Gasteiger partial charge in [-0.2, -0.15) is 4.31 Å². The molecule has 0 fully saturated rings. The van der Waals surface area contributed by atoms with E-state index in [1.807, 2.05) is 52.0 Å². The van der Waals surface area contributed by atoms with Gasteiger partial charge in [0.05, 0.1) is 11.4 Å². The van der Waals surface area contributed by atoms with E-state index < -0.39 is 15.6 Å². The monoisotopic (exact) mass is 408 g/mol. The number of carbonyl (C=O) groups excluding carboxylic acids is 1. The van der Waals surface area contributed by atoms with Gasteiger partial charge in [-0.1, -0.05) is 41.4 Å². The summed E-state index contributed by atoms with van der Waals surface area (Å²) >= 11 is 5.87. The molecular formula is C20H25ClN2O3S. The lowest BCUT2D eigenvalue weighted by atomic mass is 10.1. The van der Waals surface area contributed by atoms with E-state index >= 15 is 0 Å². The molecule has 5 nitrogen and oxygen atoms in total. The molecule has 0 heterocycles. The van der Waals surface area contributed by atoms with Crippen LogP contribution < -0.4 is 5.32 Å². The fourth-order valence-corrected chi connectivity index (χ4v) is 4.12. The van der Waals surface area contributed by atoms with Crippen molar-refractivity contribution in [3.8, 4) is 0 Å². The van der Waals surface area contributed by atoms with E-state index in [9.17, 15) is 13.2 Å². The molecule has 146 valence electrons. The number of hydrogen-bond acceptors (Lipinski definition) is 3. The molecular weight excluding hydrogens is 384 g/mol. The van der Waals surface area contributed by atoms with Crippen molar-refractivity contribution in [2.45, 2.75) is 44.7 Å². The third-order valence-corrected chi connectivity index (χ3v) is 5.79. The summed E-state index contributed by atoms with van der Waals surface area (Å²) < 4.78 is 27.5. The zero-order valence-corrected chi connectivity index (χ0v) is 17.6. The fraction of sp³-hybridized carbons (Fsp3) is 0.350. The summed E-state index contributed by atoms with van der Waals surface area (Å²) in [7, 11) is -3.87. The summed E-state index contributed by atoms with van der Waals surface area (Å²) in [4.78, 5) is 12.5. The second-order valence-electron chi connectivity index (χ2n) is 7.51. The molecule has 0 spiro atoms. The van der Waals surface area contributed by atoms with Gasteiger partial charge in [0.25, 0.3) is 0 Å². The molecule has 0 bridgehead atoms. The van der Waals surface area contributed by atoms with Crippen LogP contribution in [0.3, 0.4) is 0 Å². The van der Waals surface area contributed by atoms with Crippen LogP contribution in [0.25, 0.3) is 0 Å². The normalized spacial score (nSPS) is 12.2. The van der Waals surface area contributed by atoms with Crippen molar-refractivity contribution in [1.29, 1.82) is 0 Å². The van der Waals surface area contributed by atoms with Gasteiger partial charge < -0.3 is 5.32 Å². The zero-order valence-electron chi connectivity index (χ0n) is 16.0. The van der Waals surface area contributed by atoms with Crippen LogP contribution >= 0.6 is 11.6 Å². The molecule has 1 N–H and O–H groups in total. The molecule has 0 saturated carbocycles. The quantitative estimate of drug-likeness (QED) is 0.791. The Morgan fingerprint density at radius 2 is 1.74 bits per heavy atom. The van der Waals surface area contributed by atoms with Crippen molar-refractivity contribution in [2.24, 2.45) is 0 Å². The molecule has 0 aliphatic rings. The summed E-state index contributed by atoms with van der Waals surface area (Å²) in [5, 5.41) is 3.26. The predicted molar refractivity (Wildman–Crippen MR) is 108 cm³/mol. The molecule has 1 amide bonds. The number of hydrogen-bond donors (Lipinski definition) is 1. The summed E-state index contributed by atoms with van der Waals surface area (Å²) in [5.74, 6) is -0.354. The van der Waals surface area contributed by atoms with Crippen molar-refractivity contribution < 1.29 is 13.2 Å². The van der Waals surface area contributed by atoms with E-state index in [4.69, 9.17) is 11.6 Å². The van der Waals surface area contributed by atoms with Crippen LogP contribution in [0.15, 0.2) is 53.4 Å². The van der Waals surface area contributed by atoms with Crippen molar-refractivity contribution >= 4 is 27.5 Å². The average Bonchev–Trinajstić information content (AvgIpc) is 2.53. The first-order valence-corrected chi connectivity index (χ1v) is 10.4. The van der Waals surface area contributed by atoms with E-state index in [1.54, 1.807) is 0 Å². The van der Waals surface area contributed by atoms with E-state index in [1.165, 1.54) is 28.6 Å². The first-order chi connectivity index (χ1) is 12.5. The van der Waals surface area contributed by atoms with Crippen LogP contribution in [0.5, 0.6) is 0 Å². The van der Waals surface area contributed by atoms with Crippen LogP contribution in [-0.4, -0.2) is 30.7 Å². The zero-order chi connectivity index (χ0) is 20.2. The lowest BCUT2D eigenvalue weighted by molar-refractivity contribution is -0.122. The van der Waals surface area contributed by atoms with Crippen molar-refractivity contribution in [3.63, 3.8) is 0 Å². The number of rotatable bonds is 6. The van der Waals surface area contributed by atoms with Crippen LogP contribution in [0.1, 0.15) is 31.9 Å². The Bertz CT molecular complexity index is 904. The Morgan fingerprint density at radius 3 is 2.30 bits per heavy atom. The van der Waals surface area contributed by atoms with Crippen LogP contribution in [-0.2, 0) is 21.4 Å². The number of sulfonamides is 1. The summed E-state index contributed by atoms with van der Waals surface area (Å²) in [5.41, 5.74) is 1.39. The minimum Gasteiger partial charge on any atom is -0.350 e. The van der Waals surface area contributed by atoms with Gasteiger partial charge in [0, 0.05) is 17.1 Å². The molecule has 27 heavy (non-hydrogen) atoms. The highest BCUT2D eigenvalue weighted by Gasteiger charge is 2.28. The van der Waals surface area contributed by atoms with Gasteiger partial charge in [-0.3, -0.25) is 4.79 Å². The molecule has 0 saturated heterocycles. The average molecular weight is 409 g/mol. The molecule has 0 aliphatic heterocycles. The van der Waals surface area contributed by atoms with Gasteiger partial charge >= 0.3 is 0 Å². The molecule has 0 aromatic heterocycles. The van der Waals surface area contributed by atoms with Gasteiger partial charge in [0.15, 0.2) is 0 Å². The Morgan fingerprint density at radius 1 is 1.11 bits per heavy atom. The lowest BCUT2D eigenvalue weighted by Crippen LogP contribution is -2.47. The topological polar surface area (TPSA) is 66.5 Å². The SMILES string of the molecule is Cc1cccc(CN(CC(=O)NC(C)(C)C)S(=O)(=O)c2ccc(Cl)cc2)c1. The largest absolute Gasteiger partial charge is 0.350 e. The third kappa shape index (κ3) is 6.34. The summed E-state index contributed by atoms with van der Waals surface area (Å²) in [6, 6.07) is 13.5. The molecule has 0 atom stereocenters. The van der Waals surface area contributed by atoms with E-state index in [0.717, 1.165) is 11.1 Å². The molecule has 2 aromatic rings. The van der Waals surface area contributed by atoms with Crippen molar-refractivity contribution in [3.05, 3.63) is 64.7 Å². The van der Waals surface area contributed by atoms with Crippen molar-refractivity contribution in [1.82, 2.24) is 9.62 Å². The Kier molecular flexibility index (Phi) is 6.68. The molecule has 0 unspecified atom stereocenters. The predicted octanol–water partition coefficient (Wildman–Crippen LogP) is 3.75. The van der Waals surface area contributed by atoms with Gasteiger partial charge in [-0.05, 0) is 57.5 Å². The number of nitrogens with one attached hydrogen (secondary N) is 1. The van der Waals surface area contributed by atoms with Gasteiger partial charge in [0.1, 0.15) is 0 Å². The summed E-state index contributed by atoms with van der Waals surface area (Å²) in [6.07, 6.45) is 0. The smallest absolute Gasteiger partial charge is 0.243 e. The fourth-order valence-electron chi connectivity index (χ4n) is 2.61. The van der Waals surface area contributed by atoms with E-state index in [0.29, 0.717) is 5.02 Å². The minimum atomic E-state index is -3.87. The Hall–Kier alpha value is -1.89. The highest BCUT2D eigenvalue weighted by Crippen LogP contribution is 2.21. The molecule has 0 aliphatic carbocycles. The maximum absolute atomic E-state index is 13.1. The number of carbonyl (C=O) groups is 1. The minimum absolute atomic E-state index is 0.100. The standard InChI is InChI=1S/C20H25ClN2O3S/c1-15-6-5-7-16(12-15)13-23(14-19(24)22-20(2,3)4)27(25,26)18-10-8-17(21)9-11-18/h5-12H,13-14H2,1-4H3,(H,22,24). The number of aryl methyl sites for hydroxylation is 1. The maximum atomic E-state index is 13.1. The van der Waals surface area contributed by atoms with E-state index in [2.05, 4.69) is 5.32 Å². The second-order valence-corrected chi connectivity index (χ2v) is 9.89. The first kappa shape index (κ1) is 21.4. The van der Waals surface area contributed by atoms with Crippen molar-refractivity contribution in [2.75, 3.05) is 6.54 Å². The lowest BCUT2D eigenvalue weighted by Gasteiger charge is -2.25. The van der Waals surface area contributed by atoms with Gasteiger partial charge in [-0.15, -0.1) is 0 Å². The number of nitrogens with zero attached hydrogens (tertiary/aromatic N) is 1. The third-order valence-electron chi connectivity index (χ3n) is 3.73. The highest BCUT2D eigenvalue weighted by molar-refractivity contribution is 7.89. The molecule has 2 aromatic carbocycles. The Labute approximate surface area is 166 Å². The first-order valence-electron chi connectivity index (χ1n) is 8.60. The van der Waals surface area contributed by atoms with Crippen LogP contribution in [0, 0.1) is 6.92 Å². The number of amides is 1. The van der Waals surface area contributed by atoms with E-state index in [-0.39, 0.29) is 23.9 Å².